The second-order valence-electron chi connectivity index (χ2n) is 9.63. The van der Waals surface area contributed by atoms with Crippen molar-refractivity contribution in [1.82, 2.24) is 10.0 Å². The first-order valence-corrected chi connectivity index (χ1v) is 10.2. The Labute approximate surface area is 166 Å². The van der Waals surface area contributed by atoms with E-state index >= 15 is 0 Å². The van der Waals surface area contributed by atoms with Gasteiger partial charge in [0, 0.05) is 13.1 Å². The summed E-state index contributed by atoms with van der Waals surface area (Å²) in [5.74, 6) is 1.10. The van der Waals surface area contributed by atoms with Crippen molar-refractivity contribution in [3.8, 4) is 0 Å². The molecule has 4 rings (SSSR count). The Kier molecular flexibility index (Phi) is 4.86. The Bertz CT molecular complexity index is 723. The summed E-state index contributed by atoms with van der Waals surface area (Å²) < 4.78 is 11.0. The molecule has 0 aromatic heterocycles. The van der Waals surface area contributed by atoms with Gasteiger partial charge in [-0.1, -0.05) is 30.3 Å². The van der Waals surface area contributed by atoms with Gasteiger partial charge in [0.25, 0.3) is 0 Å². The SMILES string of the molecule is CC(C)(C)OC(=O)N(C(=O)OCc1ccccc1)N1C[C@@H]2CC3(CC3)C[C@@H]2C1. The first-order valence-electron chi connectivity index (χ1n) is 10.2. The van der Waals surface area contributed by atoms with E-state index in [1.54, 1.807) is 20.8 Å². The Morgan fingerprint density at radius 3 is 2.21 bits per heavy atom. The van der Waals surface area contributed by atoms with Gasteiger partial charge in [0.15, 0.2) is 0 Å². The quantitative estimate of drug-likeness (QED) is 0.760. The van der Waals surface area contributed by atoms with Gasteiger partial charge in [0.2, 0.25) is 0 Å². The number of hydrogen-bond acceptors (Lipinski definition) is 5. The van der Waals surface area contributed by atoms with Crippen molar-refractivity contribution < 1.29 is 19.1 Å². The molecule has 0 N–H and O–H groups in total. The zero-order valence-corrected chi connectivity index (χ0v) is 17.0. The molecule has 1 aromatic rings. The molecule has 0 radical (unpaired) electrons. The molecule has 6 nitrogen and oxygen atoms in total. The summed E-state index contributed by atoms with van der Waals surface area (Å²) in [5.41, 5.74) is 0.781. The molecule has 2 amide bonds. The minimum absolute atomic E-state index is 0.128. The van der Waals surface area contributed by atoms with E-state index in [4.69, 9.17) is 9.47 Å². The van der Waals surface area contributed by atoms with Crippen molar-refractivity contribution in [2.24, 2.45) is 17.3 Å². The maximum absolute atomic E-state index is 12.9. The van der Waals surface area contributed by atoms with E-state index in [-0.39, 0.29) is 6.61 Å². The molecule has 152 valence electrons. The van der Waals surface area contributed by atoms with Crippen molar-refractivity contribution in [1.29, 1.82) is 0 Å². The monoisotopic (exact) mass is 386 g/mol. The average Bonchev–Trinajstić information content (AvgIpc) is 3.13. The normalized spacial score (nSPS) is 25.4. The smallest absolute Gasteiger partial charge is 0.435 e. The van der Waals surface area contributed by atoms with Gasteiger partial charge in [-0.3, -0.25) is 0 Å². The largest absolute Gasteiger partial charge is 0.443 e. The highest BCUT2D eigenvalue weighted by atomic mass is 16.6. The number of rotatable bonds is 3. The van der Waals surface area contributed by atoms with E-state index in [9.17, 15) is 9.59 Å². The van der Waals surface area contributed by atoms with Crippen LogP contribution >= 0.6 is 0 Å². The van der Waals surface area contributed by atoms with E-state index < -0.39 is 17.8 Å². The van der Waals surface area contributed by atoms with Gasteiger partial charge in [-0.25, -0.2) is 14.6 Å². The van der Waals surface area contributed by atoms with E-state index in [0.717, 1.165) is 10.6 Å². The third-order valence-corrected chi connectivity index (χ3v) is 6.13. The zero-order chi connectivity index (χ0) is 19.9. The van der Waals surface area contributed by atoms with Crippen molar-refractivity contribution in [3.05, 3.63) is 35.9 Å². The fourth-order valence-corrected chi connectivity index (χ4v) is 4.71. The predicted molar refractivity (Wildman–Crippen MR) is 104 cm³/mol. The van der Waals surface area contributed by atoms with Crippen LogP contribution in [-0.4, -0.2) is 40.9 Å². The second kappa shape index (κ2) is 7.07. The summed E-state index contributed by atoms with van der Waals surface area (Å²) in [6.45, 7) is 6.96. The standard InChI is InChI=1S/C22H30N2O4/c1-21(2,3)28-20(26)24(19(25)27-15-16-7-5-4-6-8-16)23-13-17-11-22(9-10-22)12-18(17)14-23/h4-8,17-18H,9-15H2,1-3H3/t17-,18+. The number of hydrazine groups is 1. The van der Waals surface area contributed by atoms with Crippen molar-refractivity contribution in [2.45, 2.75) is 58.7 Å². The van der Waals surface area contributed by atoms with Gasteiger partial charge in [-0.05, 0) is 69.3 Å². The van der Waals surface area contributed by atoms with Crippen LogP contribution in [0.5, 0.6) is 0 Å². The number of carbonyl (C=O) groups is 2. The number of ether oxygens (including phenoxy) is 2. The highest BCUT2D eigenvalue weighted by molar-refractivity contribution is 5.87. The summed E-state index contributed by atoms with van der Waals surface area (Å²) >= 11 is 0. The Hall–Kier alpha value is -2.08. The summed E-state index contributed by atoms with van der Waals surface area (Å²) in [7, 11) is 0. The maximum Gasteiger partial charge on any atom is 0.435 e. The maximum atomic E-state index is 12.9. The number of carbonyl (C=O) groups excluding carboxylic acids is 2. The predicted octanol–water partition coefficient (Wildman–Crippen LogP) is 4.60. The van der Waals surface area contributed by atoms with Crippen LogP contribution in [0, 0.1) is 17.3 Å². The van der Waals surface area contributed by atoms with Crippen molar-refractivity contribution in [2.75, 3.05) is 13.1 Å². The molecule has 6 heteroatoms. The van der Waals surface area contributed by atoms with Crippen LogP contribution in [0.3, 0.4) is 0 Å². The first kappa shape index (κ1) is 19.2. The summed E-state index contributed by atoms with van der Waals surface area (Å²) in [6.07, 6.45) is 3.79. The second-order valence-corrected chi connectivity index (χ2v) is 9.63. The van der Waals surface area contributed by atoms with E-state index in [2.05, 4.69) is 0 Å². The molecule has 0 bridgehead atoms. The van der Waals surface area contributed by atoms with Crippen LogP contribution in [0.1, 0.15) is 52.0 Å². The zero-order valence-electron chi connectivity index (χ0n) is 17.0. The molecule has 3 aliphatic rings. The van der Waals surface area contributed by atoms with Gasteiger partial charge in [-0.15, -0.1) is 5.01 Å². The topological polar surface area (TPSA) is 59.1 Å². The van der Waals surface area contributed by atoms with Gasteiger partial charge >= 0.3 is 12.2 Å². The molecule has 28 heavy (non-hydrogen) atoms. The van der Waals surface area contributed by atoms with Gasteiger partial charge in [0.05, 0.1) is 0 Å². The molecular weight excluding hydrogens is 356 g/mol. The molecule has 1 aliphatic heterocycles. The highest BCUT2D eigenvalue weighted by Gasteiger charge is 2.56. The third-order valence-electron chi connectivity index (χ3n) is 6.13. The molecule has 2 aliphatic carbocycles. The summed E-state index contributed by atoms with van der Waals surface area (Å²) in [5, 5.41) is 2.93. The number of imide groups is 1. The van der Waals surface area contributed by atoms with Crippen LogP contribution in [0.4, 0.5) is 9.59 Å². The minimum Gasteiger partial charge on any atom is -0.443 e. The lowest BCUT2D eigenvalue weighted by Gasteiger charge is -2.32. The number of hydrogen-bond donors (Lipinski definition) is 0. The molecule has 1 spiro atoms. The molecule has 1 aromatic carbocycles. The van der Waals surface area contributed by atoms with Crippen LogP contribution in [0.25, 0.3) is 0 Å². The number of benzene rings is 1. The fraction of sp³-hybridized carbons (Fsp3) is 0.636. The fourth-order valence-electron chi connectivity index (χ4n) is 4.71. The van der Waals surface area contributed by atoms with Gasteiger partial charge < -0.3 is 9.47 Å². The third kappa shape index (κ3) is 4.17. The van der Waals surface area contributed by atoms with Crippen LogP contribution in [-0.2, 0) is 16.1 Å². The van der Waals surface area contributed by atoms with Crippen molar-refractivity contribution in [3.63, 3.8) is 0 Å². The molecule has 3 fully saturated rings. The van der Waals surface area contributed by atoms with E-state index in [1.165, 1.54) is 25.7 Å². The van der Waals surface area contributed by atoms with Gasteiger partial charge in [0.1, 0.15) is 12.2 Å². The Balaban J connectivity index is 1.44. The minimum atomic E-state index is -0.678. The number of nitrogens with zero attached hydrogens (tertiary/aromatic N) is 2. The lowest BCUT2D eigenvalue weighted by molar-refractivity contribution is -0.0409. The average molecular weight is 386 g/mol. The molecule has 0 unspecified atom stereocenters. The summed E-state index contributed by atoms with van der Waals surface area (Å²) in [4.78, 5) is 25.7. The molecule has 1 saturated heterocycles. The van der Waals surface area contributed by atoms with E-state index in [0.29, 0.717) is 30.3 Å². The van der Waals surface area contributed by atoms with Crippen LogP contribution in [0.15, 0.2) is 30.3 Å². The first-order chi connectivity index (χ1) is 13.2. The van der Waals surface area contributed by atoms with Gasteiger partial charge in [-0.2, -0.15) is 0 Å². The molecule has 2 atom stereocenters. The number of fused-ring (bicyclic) bond motifs is 1. The summed E-state index contributed by atoms with van der Waals surface area (Å²) in [6, 6.07) is 9.48. The Morgan fingerprint density at radius 1 is 1.07 bits per heavy atom. The van der Waals surface area contributed by atoms with Crippen molar-refractivity contribution >= 4 is 12.2 Å². The Morgan fingerprint density at radius 2 is 1.68 bits per heavy atom. The lowest BCUT2D eigenvalue weighted by atomic mass is 10.0. The molecular formula is C22H30N2O4. The molecule has 1 heterocycles. The number of amides is 2. The molecule has 2 saturated carbocycles. The van der Waals surface area contributed by atoms with Crippen LogP contribution in [0.2, 0.25) is 0 Å². The van der Waals surface area contributed by atoms with E-state index in [1.807, 2.05) is 35.3 Å². The lowest BCUT2D eigenvalue weighted by Crippen LogP contribution is -2.51. The van der Waals surface area contributed by atoms with Crippen LogP contribution < -0.4 is 0 Å². The highest BCUT2D eigenvalue weighted by Crippen LogP contribution is 2.63.